The Labute approximate surface area is 184 Å². The highest BCUT2D eigenvalue weighted by Crippen LogP contribution is 2.34. The summed E-state index contributed by atoms with van der Waals surface area (Å²) in [6.45, 7) is 4.20. The summed E-state index contributed by atoms with van der Waals surface area (Å²) in [4.78, 5) is 41.5. The van der Waals surface area contributed by atoms with E-state index in [1.807, 2.05) is 31.2 Å². The number of carbonyl (C=O) groups excluding carboxylic acids is 3. The lowest BCUT2D eigenvalue weighted by atomic mass is 10.2. The van der Waals surface area contributed by atoms with Gasteiger partial charge in [-0.05, 0) is 25.8 Å². The molecule has 1 saturated carbocycles. The molecule has 1 aliphatic heterocycles. The fraction of sp³-hybridized carbons (Fsp3) is 0.476. The zero-order valence-corrected chi connectivity index (χ0v) is 18.4. The third-order valence-electron chi connectivity index (χ3n) is 5.66. The van der Waals surface area contributed by atoms with Crippen molar-refractivity contribution in [3.05, 3.63) is 34.2 Å². The number of nitrogens with zero attached hydrogens (tertiary/aromatic N) is 2. The lowest BCUT2D eigenvalue weighted by Crippen LogP contribution is -2.56. The first-order valence-electron chi connectivity index (χ1n) is 10.2. The Morgan fingerprint density at radius 2 is 1.87 bits per heavy atom. The van der Waals surface area contributed by atoms with Crippen LogP contribution in [0.5, 0.6) is 0 Å². The van der Waals surface area contributed by atoms with Crippen LogP contribution < -0.4 is 10.6 Å². The van der Waals surface area contributed by atoms with Crippen molar-refractivity contribution in [2.24, 2.45) is 0 Å². The van der Waals surface area contributed by atoms with Crippen LogP contribution in [0.1, 0.15) is 29.4 Å². The van der Waals surface area contributed by atoms with E-state index < -0.39 is 0 Å². The maximum Gasteiger partial charge on any atom is 0.263 e. The molecule has 0 bridgehead atoms. The summed E-state index contributed by atoms with van der Waals surface area (Å²) in [5, 5.41) is 6.99. The number of halogens is 1. The van der Waals surface area contributed by atoms with E-state index in [0.717, 1.165) is 22.9 Å². The smallest absolute Gasteiger partial charge is 0.263 e. The maximum atomic E-state index is 12.5. The molecule has 1 aromatic carbocycles. The van der Waals surface area contributed by atoms with Crippen LogP contribution in [0.4, 0.5) is 0 Å². The van der Waals surface area contributed by atoms with Crippen LogP contribution in [0.25, 0.3) is 10.1 Å². The normalized spacial score (nSPS) is 18.3. The molecule has 0 radical (unpaired) electrons. The molecule has 9 heteroatoms. The fourth-order valence-electron chi connectivity index (χ4n) is 3.58. The molecule has 1 aliphatic carbocycles. The van der Waals surface area contributed by atoms with Crippen LogP contribution >= 0.6 is 22.9 Å². The number of hydrogen-bond acceptors (Lipinski definition) is 5. The van der Waals surface area contributed by atoms with Gasteiger partial charge in [0.1, 0.15) is 4.88 Å². The van der Waals surface area contributed by atoms with Gasteiger partial charge in [-0.15, -0.1) is 11.3 Å². The van der Waals surface area contributed by atoms with E-state index in [0.29, 0.717) is 42.1 Å². The van der Waals surface area contributed by atoms with Gasteiger partial charge in [-0.3, -0.25) is 19.3 Å². The van der Waals surface area contributed by atoms with Gasteiger partial charge in [-0.1, -0.05) is 29.8 Å². The second kappa shape index (κ2) is 8.91. The van der Waals surface area contributed by atoms with Crippen molar-refractivity contribution < 1.29 is 14.4 Å². The lowest BCUT2D eigenvalue weighted by molar-refractivity contribution is -0.133. The molecule has 1 saturated heterocycles. The Bertz CT molecular complexity index is 966. The predicted molar refractivity (Wildman–Crippen MR) is 118 cm³/mol. The zero-order chi connectivity index (χ0) is 21.3. The minimum Gasteiger partial charge on any atom is -0.352 e. The first-order valence-corrected chi connectivity index (χ1v) is 11.4. The van der Waals surface area contributed by atoms with Gasteiger partial charge in [0.15, 0.2) is 0 Å². The van der Waals surface area contributed by atoms with Gasteiger partial charge in [0.05, 0.1) is 17.6 Å². The maximum absolute atomic E-state index is 12.5. The molecule has 3 amide bonds. The Kier molecular flexibility index (Phi) is 6.26. The van der Waals surface area contributed by atoms with E-state index in [1.54, 1.807) is 4.90 Å². The highest BCUT2D eigenvalue weighted by molar-refractivity contribution is 7.21. The molecular weight excluding hydrogens is 424 g/mol. The molecule has 2 N–H and O–H groups in total. The summed E-state index contributed by atoms with van der Waals surface area (Å²) in [5.41, 5.74) is 0. The average molecular weight is 449 g/mol. The topological polar surface area (TPSA) is 81.8 Å². The summed E-state index contributed by atoms with van der Waals surface area (Å²) >= 11 is 7.66. The van der Waals surface area contributed by atoms with Crippen molar-refractivity contribution in [2.45, 2.75) is 31.8 Å². The van der Waals surface area contributed by atoms with E-state index in [2.05, 4.69) is 15.5 Å². The van der Waals surface area contributed by atoms with E-state index in [-0.39, 0.29) is 30.3 Å². The van der Waals surface area contributed by atoms with Crippen LogP contribution in [0.2, 0.25) is 5.02 Å². The molecular formula is C21H25ClN4O3S. The number of amides is 3. The number of rotatable bonds is 6. The van der Waals surface area contributed by atoms with E-state index in [1.165, 1.54) is 11.3 Å². The standard InChI is InChI=1S/C21H25ClN4O3S/c1-13(20(28)24-14-6-7-14)25-8-10-26(11-9-25)17(27)12-23-21(29)19-18(22)15-4-2-3-5-16(15)30-19/h2-5,13-14H,6-12H2,1H3,(H,23,29)(H,24,28). The second-order valence-electron chi connectivity index (χ2n) is 7.80. The molecule has 7 nitrogen and oxygen atoms in total. The van der Waals surface area contributed by atoms with Crippen LogP contribution in [-0.2, 0) is 9.59 Å². The third kappa shape index (κ3) is 4.61. The van der Waals surface area contributed by atoms with Crippen molar-refractivity contribution in [3.63, 3.8) is 0 Å². The number of fused-ring (bicyclic) bond motifs is 1. The summed E-state index contributed by atoms with van der Waals surface area (Å²) in [6, 6.07) is 7.72. The Balaban J connectivity index is 1.26. The molecule has 4 rings (SSSR count). The van der Waals surface area contributed by atoms with Crippen LogP contribution in [0.15, 0.2) is 24.3 Å². The first kappa shape index (κ1) is 21.1. The molecule has 2 fully saturated rings. The predicted octanol–water partition coefficient (Wildman–Crippen LogP) is 2.10. The van der Waals surface area contributed by atoms with Crippen molar-refractivity contribution in [1.29, 1.82) is 0 Å². The molecule has 2 heterocycles. The van der Waals surface area contributed by atoms with Gasteiger partial charge in [-0.2, -0.15) is 0 Å². The summed E-state index contributed by atoms with van der Waals surface area (Å²) in [7, 11) is 0. The largest absolute Gasteiger partial charge is 0.352 e. The molecule has 1 unspecified atom stereocenters. The van der Waals surface area contributed by atoms with Gasteiger partial charge in [0, 0.05) is 42.3 Å². The van der Waals surface area contributed by atoms with Crippen molar-refractivity contribution in [1.82, 2.24) is 20.4 Å². The first-order chi connectivity index (χ1) is 14.4. The van der Waals surface area contributed by atoms with Crippen LogP contribution in [0, 0.1) is 0 Å². The summed E-state index contributed by atoms with van der Waals surface area (Å²) < 4.78 is 0.940. The van der Waals surface area contributed by atoms with Gasteiger partial charge < -0.3 is 15.5 Å². The summed E-state index contributed by atoms with van der Waals surface area (Å²) in [6.07, 6.45) is 2.14. The van der Waals surface area contributed by atoms with E-state index in [4.69, 9.17) is 11.6 Å². The van der Waals surface area contributed by atoms with Gasteiger partial charge in [0.25, 0.3) is 5.91 Å². The zero-order valence-electron chi connectivity index (χ0n) is 16.8. The minimum absolute atomic E-state index is 0.0600. The highest BCUT2D eigenvalue weighted by atomic mass is 35.5. The molecule has 160 valence electrons. The number of nitrogens with one attached hydrogen (secondary N) is 2. The third-order valence-corrected chi connectivity index (χ3v) is 7.33. The fourth-order valence-corrected chi connectivity index (χ4v) is 5.02. The molecule has 2 aliphatic rings. The molecule has 2 aromatic rings. The average Bonchev–Trinajstić information content (AvgIpc) is 3.52. The number of thiophene rings is 1. The summed E-state index contributed by atoms with van der Waals surface area (Å²) in [5.74, 6) is -0.404. The van der Waals surface area contributed by atoms with E-state index in [9.17, 15) is 14.4 Å². The molecule has 1 atom stereocenters. The molecule has 1 aromatic heterocycles. The van der Waals surface area contributed by atoms with Crippen molar-refractivity contribution in [2.75, 3.05) is 32.7 Å². The van der Waals surface area contributed by atoms with Gasteiger partial charge >= 0.3 is 0 Å². The lowest BCUT2D eigenvalue weighted by Gasteiger charge is -2.37. The number of benzene rings is 1. The Morgan fingerprint density at radius 3 is 2.53 bits per heavy atom. The van der Waals surface area contributed by atoms with Crippen molar-refractivity contribution >= 4 is 50.7 Å². The quantitative estimate of drug-likeness (QED) is 0.709. The Hall–Kier alpha value is -2.16. The number of carbonyl (C=O) groups is 3. The number of hydrogen-bond donors (Lipinski definition) is 2. The number of piperazine rings is 1. The van der Waals surface area contributed by atoms with E-state index >= 15 is 0 Å². The molecule has 30 heavy (non-hydrogen) atoms. The SMILES string of the molecule is CC(C(=O)NC1CC1)N1CCN(C(=O)CNC(=O)c2sc3ccccc3c2Cl)CC1. The molecule has 0 spiro atoms. The van der Waals surface area contributed by atoms with Crippen LogP contribution in [-0.4, -0.2) is 72.3 Å². The van der Waals surface area contributed by atoms with Crippen molar-refractivity contribution in [3.8, 4) is 0 Å². The monoisotopic (exact) mass is 448 g/mol. The Morgan fingerprint density at radius 1 is 1.17 bits per heavy atom. The second-order valence-corrected chi connectivity index (χ2v) is 9.23. The van der Waals surface area contributed by atoms with Crippen LogP contribution in [0.3, 0.4) is 0 Å². The highest BCUT2D eigenvalue weighted by Gasteiger charge is 2.31. The van der Waals surface area contributed by atoms with Gasteiger partial charge in [-0.25, -0.2) is 0 Å². The van der Waals surface area contributed by atoms with Gasteiger partial charge in [0.2, 0.25) is 11.8 Å². The minimum atomic E-state index is -0.335.